The van der Waals surface area contributed by atoms with Crippen LogP contribution in [0.15, 0.2) is 12.1 Å². The van der Waals surface area contributed by atoms with E-state index in [-0.39, 0.29) is 5.56 Å². The maximum atomic E-state index is 13.5. The molecule has 15 heavy (non-hydrogen) atoms. The van der Waals surface area contributed by atoms with E-state index in [1.165, 1.54) is 6.07 Å². The Labute approximate surface area is 93.9 Å². The van der Waals surface area contributed by atoms with E-state index in [2.05, 4.69) is 0 Å². The Morgan fingerprint density at radius 1 is 1.53 bits per heavy atom. The van der Waals surface area contributed by atoms with Gasteiger partial charge in [0.15, 0.2) is 0 Å². The van der Waals surface area contributed by atoms with Crippen molar-refractivity contribution in [3.63, 3.8) is 0 Å². The van der Waals surface area contributed by atoms with Gasteiger partial charge in [-0.3, -0.25) is 0 Å². The number of aliphatic hydroxyl groups is 1. The number of aryl methyl sites for hydroxylation is 1. The molecule has 1 rings (SSSR count). The molecule has 0 aliphatic carbocycles. The molecule has 1 aromatic carbocycles. The van der Waals surface area contributed by atoms with Crippen LogP contribution in [-0.4, -0.2) is 11.2 Å². The lowest BCUT2D eigenvalue weighted by Gasteiger charge is -2.20. The van der Waals surface area contributed by atoms with E-state index >= 15 is 0 Å². The summed E-state index contributed by atoms with van der Waals surface area (Å²) in [6.45, 7) is 3.56. The van der Waals surface area contributed by atoms with Gasteiger partial charge in [0, 0.05) is 5.56 Å². The fourth-order valence-corrected chi connectivity index (χ4v) is 1.71. The summed E-state index contributed by atoms with van der Waals surface area (Å²) in [6, 6.07) is 2.13. The van der Waals surface area contributed by atoms with Gasteiger partial charge in [-0.1, -0.05) is 24.6 Å². The molecule has 0 fully saturated rings. The molecule has 2 nitrogen and oxygen atoms in total. The summed E-state index contributed by atoms with van der Waals surface area (Å²) < 4.78 is 13.5. The molecule has 0 radical (unpaired) electrons. The Hall–Kier alpha value is -0.640. The van der Waals surface area contributed by atoms with Crippen molar-refractivity contribution in [1.29, 1.82) is 0 Å². The Morgan fingerprint density at radius 3 is 2.67 bits per heavy atom. The molecule has 84 valence electrons. The van der Waals surface area contributed by atoms with Gasteiger partial charge in [0.1, 0.15) is 5.82 Å². The molecule has 3 N–H and O–H groups in total. The van der Waals surface area contributed by atoms with Gasteiger partial charge in [-0.15, -0.1) is 0 Å². The van der Waals surface area contributed by atoms with Crippen LogP contribution in [0.2, 0.25) is 5.02 Å². The van der Waals surface area contributed by atoms with Crippen molar-refractivity contribution in [2.75, 3.05) is 0 Å². The van der Waals surface area contributed by atoms with Crippen LogP contribution in [0.4, 0.5) is 4.39 Å². The molecule has 0 unspecified atom stereocenters. The second kappa shape index (κ2) is 4.92. The maximum absolute atomic E-state index is 13.5. The first kappa shape index (κ1) is 12.4. The van der Waals surface area contributed by atoms with Crippen LogP contribution in [0, 0.1) is 12.7 Å². The molecule has 0 saturated carbocycles. The third-order valence-electron chi connectivity index (χ3n) is 2.49. The molecule has 0 bridgehead atoms. The molecule has 0 aliphatic rings. The molecule has 0 amide bonds. The lowest BCUT2D eigenvalue weighted by molar-refractivity contribution is 0.139. The standard InChI is InChI=1S/C11H15ClFNO/c1-3-8(15)11(14)9-7(13)5-4-6(2)10(9)12/h4-5,8,11,15H,3,14H2,1-2H3/t8-,11-/m0/s1. The lowest BCUT2D eigenvalue weighted by Crippen LogP contribution is -2.26. The normalized spacial score (nSPS) is 15.1. The van der Waals surface area contributed by atoms with Crippen molar-refractivity contribution < 1.29 is 9.50 Å². The summed E-state index contributed by atoms with van der Waals surface area (Å²) in [5, 5.41) is 9.87. The zero-order chi connectivity index (χ0) is 11.6. The first-order valence-corrected chi connectivity index (χ1v) is 5.25. The van der Waals surface area contributed by atoms with Crippen molar-refractivity contribution in [1.82, 2.24) is 0 Å². The van der Waals surface area contributed by atoms with Gasteiger partial charge in [-0.25, -0.2) is 4.39 Å². The third kappa shape index (κ3) is 2.48. The molecule has 0 spiro atoms. The Morgan fingerprint density at radius 2 is 2.13 bits per heavy atom. The van der Waals surface area contributed by atoms with E-state index < -0.39 is 18.0 Å². The smallest absolute Gasteiger partial charge is 0.129 e. The van der Waals surface area contributed by atoms with Crippen molar-refractivity contribution in [2.24, 2.45) is 5.73 Å². The molecule has 0 saturated heterocycles. The number of hydrogen-bond acceptors (Lipinski definition) is 2. The number of rotatable bonds is 3. The van der Waals surface area contributed by atoms with Crippen LogP contribution < -0.4 is 5.73 Å². The second-order valence-corrected chi connectivity index (χ2v) is 3.97. The highest BCUT2D eigenvalue weighted by Gasteiger charge is 2.22. The quantitative estimate of drug-likeness (QED) is 0.840. The van der Waals surface area contributed by atoms with Gasteiger partial charge in [0.25, 0.3) is 0 Å². The molecular formula is C11H15ClFNO. The van der Waals surface area contributed by atoms with Crippen LogP contribution in [-0.2, 0) is 0 Å². The zero-order valence-corrected chi connectivity index (χ0v) is 9.55. The summed E-state index contributed by atoms with van der Waals surface area (Å²) in [5.74, 6) is -0.467. The largest absolute Gasteiger partial charge is 0.391 e. The number of nitrogens with two attached hydrogens (primary N) is 1. The minimum atomic E-state index is -0.779. The minimum Gasteiger partial charge on any atom is -0.391 e. The molecule has 0 aliphatic heterocycles. The van der Waals surface area contributed by atoms with Gasteiger partial charge in [-0.05, 0) is 25.0 Å². The van der Waals surface area contributed by atoms with Crippen LogP contribution in [0.25, 0.3) is 0 Å². The highest BCUT2D eigenvalue weighted by molar-refractivity contribution is 6.32. The fourth-order valence-electron chi connectivity index (χ4n) is 1.43. The zero-order valence-electron chi connectivity index (χ0n) is 8.80. The Kier molecular flexibility index (Phi) is 4.08. The lowest BCUT2D eigenvalue weighted by atomic mass is 9.98. The van der Waals surface area contributed by atoms with Crippen LogP contribution >= 0.6 is 11.6 Å². The molecule has 4 heteroatoms. The van der Waals surface area contributed by atoms with E-state index in [1.54, 1.807) is 19.9 Å². The van der Waals surface area contributed by atoms with E-state index in [9.17, 15) is 9.50 Å². The summed E-state index contributed by atoms with van der Waals surface area (Å²) in [6.07, 6.45) is -0.316. The summed E-state index contributed by atoms with van der Waals surface area (Å²) in [5.41, 5.74) is 6.70. The maximum Gasteiger partial charge on any atom is 0.129 e. The molecular weight excluding hydrogens is 217 g/mol. The van der Waals surface area contributed by atoms with Crippen LogP contribution in [0.1, 0.15) is 30.5 Å². The van der Waals surface area contributed by atoms with Crippen molar-refractivity contribution >= 4 is 11.6 Å². The average molecular weight is 232 g/mol. The number of halogens is 2. The SMILES string of the molecule is CC[C@H](O)[C@H](N)c1c(F)ccc(C)c1Cl. The summed E-state index contributed by atoms with van der Waals surface area (Å²) >= 11 is 5.96. The number of aliphatic hydroxyl groups excluding tert-OH is 1. The van der Waals surface area contributed by atoms with Gasteiger partial charge >= 0.3 is 0 Å². The average Bonchev–Trinajstić information content (AvgIpc) is 2.22. The molecule has 1 aromatic rings. The topological polar surface area (TPSA) is 46.2 Å². The number of benzene rings is 1. The Balaban J connectivity index is 3.18. The molecule has 0 aromatic heterocycles. The summed E-state index contributed by atoms with van der Waals surface area (Å²) in [4.78, 5) is 0. The predicted molar refractivity (Wildman–Crippen MR) is 59.4 cm³/mol. The van der Waals surface area contributed by atoms with Gasteiger partial charge in [-0.2, -0.15) is 0 Å². The van der Waals surface area contributed by atoms with Gasteiger partial charge in [0.2, 0.25) is 0 Å². The van der Waals surface area contributed by atoms with Crippen molar-refractivity contribution in [3.05, 3.63) is 34.1 Å². The summed E-state index contributed by atoms with van der Waals surface area (Å²) in [7, 11) is 0. The minimum absolute atomic E-state index is 0.200. The fraction of sp³-hybridized carbons (Fsp3) is 0.455. The third-order valence-corrected chi connectivity index (χ3v) is 2.99. The second-order valence-electron chi connectivity index (χ2n) is 3.59. The molecule has 2 atom stereocenters. The van der Waals surface area contributed by atoms with E-state index in [0.29, 0.717) is 11.4 Å². The van der Waals surface area contributed by atoms with Crippen LogP contribution in [0.3, 0.4) is 0 Å². The monoisotopic (exact) mass is 231 g/mol. The first-order valence-electron chi connectivity index (χ1n) is 4.87. The van der Waals surface area contributed by atoms with E-state index in [1.807, 2.05) is 0 Å². The highest BCUT2D eigenvalue weighted by Crippen LogP contribution is 2.29. The highest BCUT2D eigenvalue weighted by atomic mass is 35.5. The van der Waals surface area contributed by atoms with Crippen LogP contribution in [0.5, 0.6) is 0 Å². The van der Waals surface area contributed by atoms with Gasteiger partial charge in [0.05, 0.1) is 17.2 Å². The molecule has 0 heterocycles. The van der Waals surface area contributed by atoms with E-state index in [0.717, 1.165) is 5.56 Å². The predicted octanol–water partition coefficient (Wildman–Crippen LogP) is 2.56. The van der Waals surface area contributed by atoms with Crippen molar-refractivity contribution in [3.8, 4) is 0 Å². The van der Waals surface area contributed by atoms with Gasteiger partial charge < -0.3 is 10.8 Å². The number of hydrogen-bond donors (Lipinski definition) is 2. The first-order chi connectivity index (χ1) is 6.99. The Bertz CT molecular complexity index is 357. The van der Waals surface area contributed by atoms with Crippen molar-refractivity contribution in [2.45, 2.75) is 32.4 Å². The van der Waals surface area contributed by atoms with E-state index in [4.69, 9.17) is 17.3 Å².